The Morgan fingerprint density at radius 2 is 2.15 bits per heavy atom. The minimum Gasteiger partial charge on any atom is -0.481 e. The van der Waals surface area contributed by atoms with Crippen molar-refractivity contribution in [3.05, 3.63) is 35.4 Å². The summed E-state index contributed by atoms with van der Waals surface area (Å²) in [7, 11) is 1.62. The van der Waals surface area contributed by atoms with E-state index >= 15 is 0 Å². The van der Waals surface area contributed by atoms with Gasteiger partial charge in [0.1, 0.15) is 0 Å². The van der Waals surface area contributed by atoms with Gasteiger partial charge in [0, 0.05) is 13.6 Å². The zero-order chi connectivity index (χ0) is 14.7. The molecule has 0 spiro atoms. The molecule has 5 heteroatoms. The Hall–Kier alpha value is -2.04. The summed E-state index contributed by atoms with van der Waals surface area (Å²) in [5, 5.41) is 11.8. The van der Waals surface area contributed by atoms with Crippen LogP contribution < -0.4 is 5.32 Å². The Morgan fingerprint density at radius 1 is 1.45 bits per heavy atom. The van der Waals surface area contributed by atoms with Crippen molar-refractivity contribution in [1.29, 1.82) is 0 Å². The van der Waals surface area contributed by atoms with Gasteiger partial charge in [-0.1, -0.05) is 31.2 Å². The van der Waals surface area contributed by atoms with Crippen molar-refractivity contribution in [3.8, 4) is 0 Å². The Bertz CT molecular complexity index is 516. The van der Waals surface area contributed by atoms with E-state index in [1.54, 1.807) is 14.0 Å². The Labute approximate surface area is 118 Å². The van der Waals surface area contributed by atoms with Crippen LogP contribution >= 0.6 is 0 Å². The maximum absolute atomic E-state index is 12.1. The van der Waals surface area contributed by atoms with Gasteiger partial charge in [-0.25, -0.2) is 4.79 Å². The van der Waals surface area contributed by atoms with Gasteiger partial charge in [-0.2, -0.15) is 0 Å². The second-order valence-corrected chi connectivity index (χ2v) is 5.36. The molecule has 0 fully saturated rings. The van der Waals surface area contributed by atoms with Gasteiger partial charge in [0.25, 0.3) is 0 Å². The van der Waals surface area contributed by atoms with Crippen LogP contribution in [0.2, 0.25) is 0 Å². The number of rotatable bonds is 4. The van der Waals surface area contributed by atoms with Crippen molar-refractivity contribution >= 4 is 12.0 Å². The topological polar surface area (TPSA) is 69.6 Å². The number of carbonyl (C=O) groups excluding carboxylic acids is 1. The molecule has 0 bridgehead atoms. The first-order chi connectivity index (χ1) is 9.49. The number of amides is 2. The molecule has 0 aliphatic heterocycles. The summed E-state index contributed by atoms with van der Waals surface area (Å²) in [5.74, 6) is -1.46. The van der Waals surface area contributed by atoms with E-state index in [9.17, 15) is 9.59 Å². The maximum atomic E-state index is 12.1. The smallest absolute Gasteiger partial charge is 0.317 e. The predicted molar refractivity (Wildman–Crippen MR) is 75.5 cm³/mol. The molecule has 2 rings (SSSR count). The molecule has 2 atom stereocenters. The summed E-state index contributed by atoms with van der Waals surface area (Å²) in [5.41, 5.74) is 2.44. The number of urea groups is 1. The normalized spacial score (nSPS) is 18.2. The Morgan fingerprint density at radius 3 is 2.85 bits per heavy atom. The molecule has 0 heterocycles. The number of nitrogens with zero attached hydrogens (tertiary/aromatic N) is 1. The van der Waals surface area contributed by atoms with Crippen LogP contribution in [0.5, 0.6) is 0 Å². The zero-order valence-corrected chi connectivity index (χ0v) is 11.8. The number of aliphatic carboxylic acids is 1. The summed E-state index contributed by atoms with van der Waals surface area (Å²) in [4.78, 5) is 24.3. The molecular formula is C15H20N2O3. The summed E-state index contributed by atoms with van der Waals surface area (Å²) < 4.78 is 0. The lowest BCUT2D eigenvalue weighted by molar-refractivity contribution is -0.141. The average molecular weight is 276 g/mol. The van der Waals surface area contributed by atoms with Gasteiger partial charge in [0.15, 0.2) is 0 Å². The predicted octanol–water partition coefficient (Wildman–Crippen LogP) is 2.04. The van der Waals surface area contributed by atoms with Gasteiger partial charge in [0.05, 0.1) is 12.0 Å². The average Bonchev–Trinajstić information content (AvgIpc) is 2.82. The highest BCUT2D eigenvalue weighted by Crippen LogP contribution is 2.30. The number of aryl methyl sites for hydroxylation is 1. The molecule has 0 radical (unpaired) electrons. The number of nitrogens with one attached hydrogen (secondary N) is 1. The molecule has 1 aromatic rings. The molecule has 2 unspecified atom stereocenters. The molecule has 1 aromatic carbocycles. The fourth-order valence-electron chi connectivity index (χ4n) is 2.54. The van der Waals surface area contributed by atoms with Crippen molar-refractivity contribution in [3.63, 3.8) is 0 Å². The number of hydrogen-bond donors (Lipinski definition) is 2. The third-order valence-corrected chi connectivity index (χ3v) is 3.75. The molecule has 2 N–H and O–H groups in total. The number of carboxylic acids is 1. The van der Waals surface area contributed by atoms with Crippen molar-refractivity contribution in [2.75, 3.05) is 13.6 Å². The number of carbonyl (C=O) groups is 2. The van der Waals surface area contributed by atoms with Crippen LogP contribution in [-0.2, 0) is 11.2 Å². The minimum atomic E-state index is -0.893. The summed E-state index contributed by atoms with van der Waals surface area (Å²) >= 11 is 0. The first-order valence-corrected chi connectivity index (χ1v) is 6.81. The highest BCUT2D eigenvalue weighted by molar-refractivity contribution is 5.76. The van der Waals surface area contributed by atoms with E-state index in [4.69, 9.17) is 5.11 Å². The number of hydrogen-bond acceptors (Lipinski definition) is 2. The van der Waals surface area contributed by atoms with Crippen LogP contribution in [0.25, 0.3) is 0 Å². The molecule has 5 nitrogen and oxygen atoms in total. The third-order valence-electron chi connectivity index (χ3n) is 3.75. The molecule has 2 amide bonds. The summed E-state index contributed by atoms with van der Waals surface area (Å²) in [6.07, 6.45) is 1.86. The van der Waals surface area contributed by atoms with E-state index in [0.29, 0.717) is 0 Å². The molecule has 0 saturated heterocycles. The fourth-order valence-corrected chi connectivity index (χ4v) is 2.54. The van der Waals surface area contributed by atoms with E-state index in [2.05, 4.69) is 11.4 Å². The number of benzene rings is 1. The standard InChI is InChI=1S/C15H20N2O3/c1-10(14(18)19)9-17(2)15(20)16-13-8-7-11-5-3-4-6-12(11)13/h3-6,10,13H,7-9H2,1-2H3,(H,16,20)(H,18,19). The lowest BCUT2D eigenvalue weighted by Gasteiger charge is -2.23. The van der Waals surface area contributed by atoms with Gasteiger partial charge in [-0.3, -0.25) is 4.79 Å². The molecule has 20 heavy (non-hydrogen) atoms. The second-order valence-electron chi connectivity index (χ2n) is 5.36. The van der Waals surface area contributed by atoms with Gasteiger partial charge in [-0.15, -0.1) is 0 Å². The van der Waals surface area contributed by atoms with E-state index in [1.165, 1.54) is 16.0 Å². The van der Waals surface area contributed by atoms with Crippen LogP contribution in [0.3, 0.4) is 0 Å². The van der Waals surface area contributed by atoms with Crippen LogP contribution in [0.15, 0.2) is 24.3 Å². The van der Waals surface area contributed by atoms with Crippen LogP contribution in [-0.4, -0.2) is 35.6 Å². The second kappa shape index (κ2) is 5.94. The Balaban J connectivity index is 1.94. The number of fused-ring (bicyclic) bond motifs is 1. The van der Waals surface area contributed by atoms with Crippen molar-refractivity contribution < 1.29 is 14.7 Å². The summed E-state index contributed by atoms with van der Waals surface area (Å²) in [6.45, 7) is 1.80. The SMILES string of the molecule is CC(CN(C)C(=O)NC1CCc2ccccc21)C(=O)O. The van der Waals surface area contributed by atoms with Crippen LogP contribution in [0.4, 0.5) is 4.79 Å². The highest BCUT2D eigenvalue weighted by Gasteiger charge is 2.25. The van der Waals surface area contributed by atoms with Gasteiger partial charge < -0.3 is 15.3 Å². The van der Waals surface area contributed by atoms with Crippen molar-refractivity contribution in [2.24, 2.45) is 5.92 Å². The van der Waals surface area contributed by atoms with Gasteiger partial charge >= 0.3 is 12.0 Å². The largest absolute Gasteiger partial charge is 0.481 e. The quantitative estimate of drug-likeness (QED) is 0.884. The van der Waals surface area contributed by atoms with Crippen molar-refractivity contribution in [2.45, 2.75) is 25.8 Å². The van der Waals surface area contributed by atoms with E-state index < -0.39 is 11.9 Å². The Kier molecular flexibility index (Phi) is 4.27. The minimum absolute atomic E-state index is 0.0290. The highest BCUT2D eigenvalue weighted by atomic mass is 16.4. The third kappa shape index (κ3) is 3.10. The molecule has 108 valence electrons. The first-order valence-electron chi connectivity index (χ1n) is 6.81. The first kappa shape index (κ1) is 14.4. The maximum Gasteiger partial charge on any atom is 0.317 e. The molecular weight excluding hydrogens is 256 g/mol. The van der Waals surface area contributed by atoms with Crippen molar-refractivity contribution in [1.82, 2.24) is 10.2 Å². The van der Waals surface area contributed by atoms with E-state index in [1.807, 2.05) is 18.2 Å². The molecule has 1 aliphatic rings. The monoisotopic (exact) mass is 276 g/mol. The molecule has 0 saturated carbocycles. The molecule has 0 aromatic heterocycles. The van der Waals surface area contributed by atoms with Crippen LogP contribution in [0, 0.1) is 5.92 Å². The fraction of sp³-hybridized carbons (Fsp3) is 0.467. The summed E-state index contributed by atoms with van der Waals surface area (Å²) in [6, 6.07) is 7.90. The number of carboxylic acid groups (broad SMARTS) is 1. The van der Waals surface area contributed by atoms with E-state index in [0.717, 1.165) is 12.8 Å². The molecule has 1 aliphatic carbocycles. The van der Waals surface area contributed by atoms with Gasteiger partial charge in [0.2, 0.25) is 0 Å². The van der Waals surface area contributed by atoms with Gasteiger partial charge in [-0.05, 0) is 24.0 Å². The zero-order valence-electron chi connectivity index (χ0n) is 11.8. The van der Waals surface area contributed by atoms with Crippen LogP contribution in [0.1, 0.15) is 30.5 Å². The van der Waals surface area contributed by atoms with E-state index in [-0.39, 0.29) is 18.6 Å². The lowest BCUT2D eigenvalue weighted by Crippen LogP contribution is -2.41. The lowest BCUT2D eigenvalue weighted by atomic mass is 10.1.